The predicted molar refractivity (Wildman–Crippen MR) is 143 cm³/mol. The maximum Gasteiger partial charge on any atom is 0.417 e. The minimum absolute atomic E-state index is 0.0448. The molecule has 1 aromatic heterocycles. The summed E-state index contributed by atoms with van der Waals surface area (Å²) in [5, 5.41) is 3.72. The van der Waals surface area contributed by atoms with Crippen molar-refractivity contribution in [2.24, 2.45) is 11.3 Å². The number of carbonyl (C=O) groups excluding carboxylic acids is 2. The molecule has 0 radical (unpaired) electrons. The first-order valence-electron chi connectivity index (χ1n) is 14.4. The van der Waals surface area contributed by atoms with Crippen molar-refractivity contribution in [1.82, 2.24) is 20.1 Å². The highest BCUT2D eigenvalue weighted by Crippen LogP contribution is 2.51. The van der Waals surface area contributed by atoms with Crippen LogP contribution in [0.4, 0.5) is 13.2 Å². The number of nitrogens with zero attached hydrogens (tertiary/aromatic N) is 3. The Balaban J connectivity index is 1.36. The van der Waals surface area contributed by atoms with Crippen LogP contribution < -0.4 is 5.32 Å². The third kappa shape index (κ3) is 6.40. The van der Waals surface area contributed by atoms with Crippen molar-refractivity contribution in [3.63, 3.8) is 0 Å². The van der Waals surface area contributed by atoms with Gasteiger partial charge in [-0.05, 0) is 57.6 Å². The van der Waals surface area contributed by atoms with Gasteiger partial charge in [0.1, 0.15) is 6.61 Å². The summed E-state index contributed by atoms with van der Waals surface area (Å²) >= 11 is 0. The van der Waals surface area contributed by atoms with Crippen molar-refractivity contribution < 1.29 is 37.0 Å². The second-order valence-corrected chi connectivity index (χ2v) is 12.9. The van der Waals surface area contributed by atoms with Crippen LogP contribution in [0, 0.1) is 11.3 Å². The Morgan fingerprint density at radius 1 is 1.24 bits per heavy atom. The summed E-state index contributed by atoms with van der Waals surface area (Å²) in [4.78, 5) is 35.0. The highest BCUT2D eigenvalue weighted by molar-refractivity contribution is 5.87. The number of hydrogen-bond donors (Lipinski definition) is 1. The number of alkyl halides is 3. The third-order valence-corrected chi connectivity index (χ3v) is 8.99. The Labute approximate surface area is 239 Å². The average molecular weight is 583 g/mol. The van der Waals surface area contributed by atoms with Gasteiger partial charge in [0.25, 0.3) is 0 Å². The van der Waals surface area contributed by atoms with E-state index in [4.69, 9.17) is 14.2 Å². The van der Waals surface area contributed by atoms with Gasteiger partial charge < -0.3 is 29.3 Å². The van der Waals surface area contributed by atoms with Crippen LogP contribution >= 0.6 is 0 Å². The van der Waals surface area contributed by atoms with Crippen molar-refractivity contribution in [1.29, 1.82) is 0 Å². The molecule has 1 N–H and O–H groups in total. The van der Waals surface area contributed by atoms with Crippen LogP contribution in [-0.2, 0) is 42.9 Å². The molecular weight excluding hydrogens is 541 g/mol. The van der Waals surface area contributed by atoms with Gasteiger partial charge in [0.2, 0.25) is 11.8 Å². The summed E-state index contributed by atoms with van der Waals surface area (Å²) in [5.41, 5.74) is -1.09. The molecule has 1 aliphatic carbocycles. The topological polar surface area (TPSA) is 93.2 Å². The van der Waals surface area contributed by atoms with E-state index in [-0.39, 0.29) is 55.6 Å². The molecule has 2 amide bonds. The molecule has 3 aliphatic heterocycles. The maximum absolute atomic E-state index is 14.4. The SMILES string of the molecule is CO[C@@H]1COCC[C@@H]1N[C@@H]1C[C@H]2CN(C(=O)COC(C)(C)C)C[C@@]2(C(=O)N2CCc3ncc(C(F)(F)F)cc3C2)C1. The number of carbonyl (C=O) groups is 2. The molecule has 5 rings (SSSR count). The lowest BCUT2D eigenvalue weighted by molar-refractivity contribution is -0.145. The first-order valence-corrected chi connectivity index (χ1v) is 14.4. The molecule has 9 nitrogen and oxygen atoms in total. The number of fused-ring (bicyclic) bond motifs is 2. The molecule has 4 aliphatic rings. The van der Waals surface area contributed by atoms with Crippen molar-refractivity contribution >= 4 is 11.8 Å². The molecular formula is C29H41F3N4O5. The maximum atomic E-state index is 14.4. The molecule has 0 bridgehead atoms. The Kier molecular flexibility index (Phi) is 8.41. The zero-order valence-corrected chi connectivity index (χ0v) is 24.3. The van der Waals surface area contributed by atoms with Crippen LogP contribution in [0.5, 0.6) is 0 Å². The quantitative estimate of drug-likeness (QED) is 0.552. The lowest BCUT2D eigenvalue weighted by atomic mass is 9.78. The van der Waals surface area contributed by atoms with E-state index in [9.17, 15) is 22.8 Å². The average Bonchev–Trinajstić information content (AvgIpc) is 3.45. The van der Waals surface area contributed by atoms with Crippen LogP contribution in [0.15, 0.2) is 12.3 Å². The number of amides is 2. The van der Waals surface area contributed by atoms with Crippen LogP contribution in [-0.4, -0.2) is 97.0 Å². The van der Waals surface area contributed by atoms with E-state index >= 15 is 0 Å². The Morgan fingerprint density at radius 2 is 2.02 bits per heavy atom. The summed E-state index contributed by atoms with van der Waals surface area (Å²) in [5.74, 6) is -0.331. The molecule has 0 unspecified atom stereocenters. The van der Waals surface area contributed by atoms with Crippen LogP contribution in [0.3, 0.4) is 0 Å². The number of hydrogen-bond acceptors (Lipinski definition) is 7. The molecule has 0 spiro atoms. The highest BCUT2D eigenvalue weighted by Gasteiger charge is 2.59. The van der Waals surface area contributed by atoms with Gasteiger partial charge in [-0.15, -0.1) is 0 Å². The standard InChI is InChI=1S/C29H41F3N4O5/c1-27(2,3)41-16-25(37)36-14-20-10-21(34-23-6-8-40-15-24(23)39-4)11-28(20,17-36)26(38)35-7-5-22-18(13-35)9-19(12-33-22)29(30,31)32/h9,12,20-21,23-24,34H,5-8,10-11,13-17H2,1-4H3/t20-,21+,23-,24+,28-/m0/s1. The van der Waals surface area contributed by atoms with E-state index in [1.807, 2.05) is 20.8 Å². The van der Waals surface area contributed by atoms with E-state index in [1.54, 1.807) is 16.9 Å². The van der Waals surface area contributed by atoms with Gasteiger partial charge in [0.15, 0.2) is 0 Å². The number of nitrogens with one attached hydrogen (secondary N) is 1. The van der Waals surface area contributed by atoms with E-state index in [1.165, 1.54) is 0 Å². The van der Waals surface area contributed by atoms with E-state index in [0.717, 1.165) is 18.7 Å². The monoisotopic (exact) mass is 582 g/mol. The number of rotatable bonds is 6. The summed E-state index contributed by atoms with van der Waals surface area (Å²) < 4.78 is 57.1. The zero-order valence-electron chi connectivity index (χ0n) is 24.3. The smallest absolute Gasteiger partial charge is 0.379 e. The molecule has 5 atom stereocenters. The second kappa shape index (κ2) is 11.4. The minimum atomic E-state index is -4.51. The predicted octanol–water partition coefficient (Wildman–Crippen LogP) is 2.80. The number of aromatic nitrogens is 1. The second-order valence-electron chi connectivity index (χ2n) is 12.9. The normalized spacial score (nSPS) is 30.3. The van der Waals surface area contributed by atoms with Gasteiger partial charge in [-0.1, -0.05) is 0 Å². The van der Waals surface area contributed by atoms with Crippen molar-refractivity contribution in [3.05, 3.63) is 29.1 Å². The van der Waals surface area contributed by atoms with Gasteiger partial charge in [0, 0.05) is 70.3 Å². The highest BCUT2D eigenvalue weighted by atomic mass is 19.4. The Morgan fingerprint density at radius 3 is 2.73 bits per heavy atom. The van der Waals surface area contributed by atoms with Gasteiger partial charge >= 0.3 is 6.18 Å². The molecule has 1 saturated carbocycles. The van der Waals surface area contributed by atoms with Gasteiger partial charge in [-0.25, -0.2) is 0 Å². The lowest BCUT2D eigenvalue weighted by Crippen LogP contribution is -2.52. The summed E-state index contributed by atoms with van der Waals surface area (Å²) in [6, 6.07) is 1.25. The van der Waals surface area contributed by atoms with Gasteiger partial charge in [-0.2, -0.15) is 13.2 Å². The number of pyridine rings is 1. The van der Waals surface area contributed by atoms with Crippen molar-refractivity contribution in [2.75, 3.05) is 46.6 Å². The molecule has 12 heteroatoms. The number of methoxy groups -OCH3 is 1. The summed E-state index contributed by atoms with van der Waals surface area (Å²) in [6.45, 7) is 7.90. The molecule has 228 valence electrons. The van der Waals surface area contributed by atoms with Crippen molar-refractivity contribution in [3.8, 4) is 0 Å². The number of ether oxygens (including phenoxy) is 3. The van der Waals surface area contributed by atoms with Gasteiger partial charge in [0.05, 0.1) is 29.3 Å². The summed E-state index contributed by atoms with van der Waals surface area (Å²) in [6.07, 6.45) is -1.28. The fourth-order valence-electron chi connectivity index (χ4n) is 6.90. The largest absolute Gasteiger partial charge is 0.417 e. The van der Waals surface area contributed by atoms with Crippen LogP contribution in [0.2, 0.25) is 0 Å². The van der Waals surface area contributed by atoms with Crippen LogP contribution in [0.25, 0.3) is 0 Å². The van der Waals surface area contributed by atoms with Crippen LogP contribution in [0.1, 0.15) is 56.9 Å². The number of likely N-dealkylation sites (tertiary alicyclic amines) is 1. The van der Waals surface area contributed by atoms with E-state index < -0.39 is 22.8 Å². The van der Waals surface area contributed by atoms with E-state index in [2.05, 4.69) is 10.3 Å². The molecule has 0 aromatic carbocycles. The molecule has 4 heterocycles. The fraction of sp³-hybridized carbons (Fsp3) is 0.759. The van der Waals surface area contributed by atoms with E-state index in [0.29, 0.717) is 56.8 Å². The Bertz CT molecular complexity index is 1140. The molecule has 2 saturated heterocycles. The first kappa shape index (κ1) is 30.2. The first-order chi connectivity index (χ1) is 19.3. The fourth-order valence-corrected chi connectivity index (χ4v) is 6.90. The lowest BCUT2D eigenvalue weighted by Gasteiger charge is -2.38. The summed E-state index contributed by atoms with van der Waals surface area (Å²) in [7, 11) is 1.67. The zero-order chi connectivity index (χ0) is 29.6. The number of halogens is 3. The van der Waals surface area contributed by atoms with Gasteiger partial charge in [-0.3, -0.25) is 14.6 Å². The minimum Gasteiger partial charge on any atom is -0.379 e. The molecule has 1 aromatic rings. The molecule has 3 fully saturated rings. The third-order valence-electron chi connectivity index (χ3n) is 8.99. The molecule has 41 heavy (non-hydrogen) atoms. The Hall–Kier alpha value is -2.28. The van der Waals surface area contributed by atoms with Crippen molar-refractivity contribution in [2.45, 2.75) is 83.0 Å².